The predicted molar refractivity (Wildman–Crippen MR) is 78.2 cm³/mol. The number of nitrogens with zero attached hydrogens (tertiary/aromatic N) is 2. The first-order valence-electron chi connectivity index (χ1n) is 6.46. The van der Waals surface area contributed by atoms with Crippen molar-refractivity contribution >= 4 is 0 Å². The van der Waals surface area contributed by atoms with Crippen molar-refractivity contribution < 1.29 is 13.5 Å². The maximum Gasteiger partial charge on any atom is 0.190 e. The van der Waals surface area contributed by atoms with Crippen LogP contribution in [0.25, 0.3) is 22.8 Å². The molecule has 111 valence electrons. The summed E-state index contributed by atoms with van der Waals surface area (Å²) in [5.41, 5.74) is 1.84. The summed E-state index contributed by atoms with van der Waals surface area (Å²) in [7, 11) is 1.21. The van der Waals surface area contributed by atoms with Crippen LogP contribution in [0.1, 0.15) is 5.56 Å². The summed E-state index contributed by atoms with van der Waals surface area (Å²) in [6.07, 6.45) is 0. The Morgan fingerprint density at radius 1 is 1.09 bits per heavy atom. The molecule has 1 N–H and O–H groups in total. The Morgan fingerprint density at radius 3 is 2.45 bits per heavy atom. The van der Waals surface area contributed by atoms with Crippen molar-refractivity contribution in [3.05, 3.63) is 60.5 Å². The third kappa shape index (κ3) is 2.55. The minimum absolute atomic E-state index is 0.250. The number of aromatic nitrogens is 3. The zero-order chi connectivity index (χ0) is 15.7. The zero-order valence-electron chi connectivity index (χ0n) is 11.7. The van der Waals surface area contributed by atoms with Crippen LogP contribution in [-0.4, -0.2) is 22.3 Å². The van der Waals surface area contributed by atoms with Crippen LogP contribution < -0.4 is 4.74 Å². The molecule has 1 radical (unpaired) electrons. The number of hydrogen-bond donors (Lipinski definition) is 1. The van der Waals surface area contributed by atoms with Crippen LogP contribution in [0.15, 0.2) is 36.4 Å². The van der Waals surface area contributed by atoms with Crippen molar-refractivity contribution in [2.75, 3.05) is 7.11 Å². The van der Waals surface area contributed by atoms with Crippen LogP contribution in [0.3, 0.4) is 0 Å². The van der Waals surface area contributed by atoms with Crippen molar-refractivity contribution in [2.45, 2.75) is 0 Å². The Kier molecular flexibility index (Phi) is 3.58. The highest BCUT2D eigenvalue weighted by Gasteiger charge is 2.15. The molecular formula is C16H12F2N3O. The van der Waals surface area contributed by atoms with E-state index in [0.717, 1.165) is 23.3 Å². The third-order valence-electron chi connectivity index (χ3n) is 3.15. The minimum Gasteiger partial charge on any atom is -0.491 e. The van der Waals surface area contributed by atoms with Crippen LogP contribution in [0, 0.1) is 18.6 Å². The van der Waals surface area contributed by atoms with E-state index in [1.54, 1.807) is 0 Å². The van der Waals surface area contributed by atoms with Gasteiger partial charge in [0.05, 0.1) is 7.11 Å². The standard InChI is InChI=1S/C16H12F2N3O/c1-9-4-3-5-10(6-9)15-19-16(21-20-15)11-7-12(17)14(22-2)13(18)8-11/h3-8H,1H2,2H3,(H,19,20,21). The molecule has 0 aliphatic rings. The Morgan fingerprint density at radius 2 is 1.82 bits per heavy atom. The molecule has 0 amide bonds. The van der Waals surface area contributed by atoms with Gasteiger partial charge in [0, 0.05) is 11.1 Å². The molecule has 22 heavy (non-hydrogen) atoms. The minimum atomic E-state index is -0.796. The lowest BCUT2D eigenvalue weighted by atomic mass is 10.1. The maximum absolute atomic E-state index is 13.7. The molecule has 3 aromatic rings. The van der Waals surface area contributed by atoms with Gasteiger partial charge in [-0.2, -0.15) is 5.10 Å². The first-order chi connectivity index (χ1) is 10.6. The van der Waals surface area contributed by atoms with Gasteiger partial charge in [-0.15, -0.1) is 0 Å². The second kappa shape index (κ2) is 5.55. The quantitative estimate of drug-likeness (QED) is 0.804. The Labute approximate surface area is 125 Å². The molecular weight excluding hydrogens is 288 g/mol. The monoisotopic (exact) mass is 300 g/mol. The molecule has 0 aliphatic carbocycles. The lowest BCUT2D eigenvalue weighted by molar-refractivity contribution is 0.360. The highest BCUT2D eigenvalue weighted by Crippen LogP contribution is 2.28. The molecule has 0 fully saturated rings. The van der Waals surface area contributed by atoms with E-state index in [-0.39, 0.29) is 11.4 Å². The Bertz CT molecular complexity index is 807. The third-order valence-corrected chi connectivity index (χ3v) is 3.15. The topological polar surface area (TPSA) is 50.8 Å². The molecule has 1 heterocycles. The maximum atomic E-state index is 13.7. The summed E-state index contributed by atoms with van der Waals surface area (Å²) >= 11 is 0. The van der Waals surface area contributed by atoms with E-state index in [0.29, 0.717) is 5.82 Å². The summed E-state index contributed by atoms with van der Waals surface area (Å²) in [5.74, 6) is -1.32. The number of ether oxygens (including phenoxy) is 1. The van der Waals surface area contributed by atoms with E-state index in [9.17, 15) is 8.78 Å². The number of nitrogens with one attached hydrogen (secondary N) is 1. The normalized spacial score (nSPS) is 10.7. The summed E-state index contributed by atoms with van der Waals surface area (Å²) in [6, 6.07) is 9.62. The molecule has 3 rings (SSSR count). The number of hydrogen-bond acceptors (Lipinski definition) is 3. The molecule has 2 aromatic carbocycles. The van der Waals surface area contributed by atoms with Crippen LogP contribution in [-0.2, 0) is 0 Å². The predicted octanol–water partition coefficient (Wildman–Crippen LogP) is 3.61. The van der Waals surface area contributed by atoms with E-state index < -0.39 is 17.4 Å². The number of rotatable bonds is 3. The summed E-state index contributed by atoms with van der Waals surface area (Å²) in [6.45, 7) is 3.84. The largest absolute Gasteiger partial charge is 0.491 e. The molecule has 0 bridgehead atoms. The van der Waals surface area contributed by atoms with Crippen LogP contribution in [0.4, 0.5) is 8.78 Å². The molecule has 0 spiro atoms. The van der Waals surface area contributed by atoms with E-state index in [4.69, 9.17) is 0 Å². The van der Waals surface area contributed by atoms with Gasteiger partial charge < -0.3 is 4.74 Å². The van der Waals surface area contributed by atoms with Crippen molar-refractivity contribution in [1.82, 2.24) is 15.2 Å². The van der Waals surface area contributed by atoms with Gasteiger partial charge in [-0.3, -0.25) is 5.10 Å². The molecule has 6 heteroatoms. The van der Waals surface area contributed by atoms with E-state index in [1.807, 2.05) is 24.3 Å². The van der Waals surface area contributed by atoms with E-state index in [2.05, 4.69) is 26.8 Å². The van der Waals surface area contributed by atoms with Gasteiger partial charge in [-0.25, -0.2) is 13.8 Å². The van der Waals surface area contributed by atoms with Crippen molar-refractivity contribution in [3.63, 3.8) is 0 Å². The second-order valence-corrected chi connectivity index (χ2v) is 4.68. The number of benzene rings is 2. The SMILES string of the molecule is [CH2]c1cccc(-c2n[nH]c(-c3cc(F)c(OC)c(F)c3)n2)c1. The fourth-order valence-electron chi connectivity index (χ4n) is 2.12. The van der Waals surface area contributed by atoms with Gasteiger partial charge in [0.25, 0.3) is 0 Å². The molecule has 0 unspecified atom stereocenters. The zero-order valence-corrected chi connectivity index (χ0v) is 11.7. The lowest BCUT2D eigenvalue weighted by Crippen LogP contribution is -1.94. The number of halogens is 2. The average molecular weight is 300 g/mol. The molecule has 0 saturated heterocycles. The Balaban J connectivity index is 2.01. The van der Waals surface area contributed by atoms with Crippen molar-refractivity contribution in [2.24, 2.45) is 0 Å². The van der Waals surface area contributed by atoms with Gasteiger partial charge in [-0.1, -0.05) is 18.2 Å². The number of aromatic amines is 1. The van der Waals surface area contributed by atoms with Gasteiger partial charge in [-0.05, 0) is 30.7 Å². The molecule has 1 aromatic heterocycles. The van der Waals surface area contributed by atoms with E-state index in [1.165, 1.54) is 7.11 Å². The molecule has 4 nitrogen and oxygen atoms in total. The molecule has 0 atom stereocenters. The molecule has 0 aliphatic heterocycles. The summed E-state index contributed by atoms with van der Waals surface area (Å²) in [4.78, 5) is 4.26. The fourth-order valence-corrected chi connectivity index (χ4v) is 2.12. The fraction of sp³-hybridized carbons (Fsp3) is 0.0625. The van der Waals surface area contributed by atoms with Gasteiger partial charge in [0.1, 0.15) is 0 Å². The second-order valence-electron chi connectivity index (χ2n) is 4.68. The smallest absolute Gasteiger partial charge is 0.190 e. The summed E-state index contributed by atoms with van der Waals surface area (Å²) in [5, 5.41) is 6.74. The average Bonchev–Trinajstić information content (AvgIpc) is 2.97. The van der Waals surface area contributed by atoms with Crippen LogP contribution >= 0.6 is 0 Å². The van der Waals surface area contributed by atoms with Crippen LogP contribution in [0.5, 0.6) is 5.75 Å². The summed E-state index contributed by atoms with van der Waals surface area (Å²) < 4.78 is 32.1. The van der Waals surface area contributed by atoms with Gasteiger partial charge >= 0.3 is 0 Å². The highest BCUT2D eigenvalue weighted by molar-refractivity contribution is 5.62. The Hall–Kier alpha value is -2.76. The van der Waals surface area contributed by atoms with E-state index >= 15 is 0 Å². The number of H-pyrrole nitrogens is 1. The lowest BCUT2D eigenvalue weighted by Gasteiger charge is -2.04. The number of methoxy groups -OCH3 is 1. The highest BCUT2D eigenvalue weighted by atomic mass is 19.1. The first kappa shape index (κ1) is 14.2. The van der Waals surface area contributed by atoms with Crippen molar-refractivity contribution in [3.8, 4) is 28.5 Å². The first-order valence-corrected chi connectivity index (χ1v) is 6.46. The molecule has 0 saturated carbocycles. The van der Waals surface area contributed by atoms with Gasteiger partial charge in [0.15, 0.2) is 29.0 Å². The van der Waals surface area contributed by atoms with Gasteiger partial charge in [0.2, 0.25) is 0 Å². The van der Waals surface area contributed by atoms with Crippen molar-refractivity contribution in [1.29, 1.82) is 0 Å². The van der Waals surface area contributed by atoms with Crippen LogP contribution in [0.2, 0.25) is 0 Å².